The van der Waals surface area contributed by atoms with E-state index in [4.69, 9.17) is 18.0 Å². The zero-order valence-corrected chi connectivity index (χ0v) is 10.6. The number of aromatic nitrogens is 4. The number of nitrogens with two attached hydrogens (primary N) is 1. The van der Waals surface area contributed by atoms with Crippen LogP contribution in [0.5, 0.6) is 0 Å². The first-order chi connectivity index (χ1) is 8.77. The highest BCUT2D eigenvalue weighted by molar-refractivity contribution is 7.80. The lowest BCUT2D eigenvalue weighted by molar-refractivity contribution is 0.591. The second kappa shape index (κ2) is 6.06. The summed E-state index contributed by atoms with van der Waals surface area (Å²) in [7, 11) is 0. The maximum absolute atomic E-state index is 5.61. The Hall–Kier alpha value is -2.02. The summed E-state index contributed by atoms with van der Waals surface area (Å²) >= 11 is 4.95. The lowest BCUT2D eigenvalue weighted by Crippen LogP contribution is -2.16. The smallest absolute Gasteiger partial charge is 0.158 e. The van der Waals surface area contributed by atoms with E-state index in [1.165, 1.54) is 0 Å². The van der Waals surface area contributed by atoms with Crippen LogP contribution >= 0.6 is 12.2 Å². The summed E-state index contributed by atoms with van der Waals surface area (Å²) in [4.78, 5) is 0.319. The first-order valence-corrected chi connectivity index (χ1v) is 6.01. The van der Waals surface area contributed by atoms with Crippen molar-refractivity contribution in [3.8, 4) is 0 Å². The minimum Gasteiger partial charge on any atom is -0.389 e. The molecule has 2 aromatic rings. The van der Waals surface area contributed by atoms with Gasteiger partial charge in [0.25, 0.3) is 0 Å². The molecular weight excluding hydrogens is 248 g/mol. The number of nitrogens with one attached hydrogen (secondary N) is 1. The summed E-state index contributed by atoms with van der Waals surface area (Å²) in [6, 6.07) is 3.66. The number of hydrogen-bond donors (Lipinski definition) is 2. The molecule has 0 radical (unpaired) electrons. The van der Waals surface area contributed by atoms with Crippen LogP contribution in [0.15, 0.2) is 30.7 Å². The molecule has 0 aromatic carbocycles. The number of anilines is 1. The van der Waals surface area contributed by atoms with Gasteiger partial charge in [-0.2, -0.15) is 10.2 Å². The van der Waals surface area contributed by atoms with Crippen molar-refractivity contribution in [1.29, 1.82) is 0 Å². The van der Waals surface area contributed by atoms with Crippen LogP contribution in [0.1, 0.15) is 12.0 Å². The molecule has 7 heteroatoms. The molecule has 0 atom stereocenters. The highest BCUT2D eigenvalue weighted by Crippen LogP contribution is 2.09. The van der Waals surface area contributed by atoms with Crippen LogP contribution in [-0.2, 0) is 6.54 Å². The lowest BCUT2D eigenvalue weighted by atomic mass is 10.3. The van der Waals surface area contributed by atoms with Crippen molar-refractivity contribution in [2.45, 2.75) is 13.0 Å². The predicted molar refractivity (Wildman–Crippen MR) is 73.3 cm³/mol. The molecule has 94 valence electrons. The van der Waals surface area contributed by atoms with Crippen LogP contribution in [0, 0.1) is 0 Å². The normalized spacial score (nSPS) is 10.2. The van der Waals surface area contributed by atoms with Gasteiger partial charge in [0.2, 0.25) is 0 Å². The van der Waals surface area contributed by atoms with Gasteiger partial charge in [0.1, 0.15) is 4.99 Å². The van der Waals surface area contributed by atoms with Crippen molar-refractivity contribution in [1.82, 2.24) is 20.0 Å². The first kappa shape index (κ1) is 12.4. The standard InChI is InChI=1S/C11H14N6S/c12-10(18)9-3-6-14-16-11(9)13-4-1-7-17-8-2-5-15-17/h2-3,5-6,8H,1,4,7H2,(H2,12,18)(H,13,16). The Morgan fingerprint density at radius 3 is 3.06 bits per heavy atom. The first-order valence-electron chi connectivity index (χ1n) is 5.60. The zero-order chi connectivity index (χ0) is 12.8. The fraction of sp³-hybridized carbons (Fsp3) is 0.273. The van der Waals surface area contributed by atoms with Gasteiger partial charge in [-0.25, -0.2) is 0 Å². The van der Waals surface area contributed by atoms with Crippen LogP contribution < -0.4 is 11.1 Å². The SMILES string of the molecule is NC(=S)c1ccnnc1NCCCn1cccn1. The third-order valence-electron chi connectivity index (χ3n) is 2.40. The zero-order valence-electron chi connectivity index (χ0n) is 9.78. The van der Waals surface area contributed by atoms with E-state index in [1.807, 2.05) is 16.9 Å². The van der Waals surface area contributed by atoms with Crippen LogP contribution in [0.4, 0.5) is 5.82 Å². The maximum atomic E-state index is 5.61. The molecule has 0 bridgehead atoms. The topological polar surface area (TPSA) is 81.6 Å². The van der Waals surface area contributed by atoms with Gasteiger partial charge in [-0.1, -0.05) is 12.2 Å². The van der Waals surface area contributed by atoms with Gasteiger partial charge in [-0.15, -0.1) is 5.10 Å². The van der Waals surface area contributed by atoms with Gasteiger partial charge in [0.05, 0.1) is 11.8 Å². The molecule has 2 heterocycles. The summed E-state index contributed by atoms with van der Waals surface area (Å²) in [5.41, 5.74) is 6.33. The van der Waals surface area contributed by atoms with Crippen LogP contribution in [-0.4, -0.2) is 31.5 Å². The Morgan fingerprint density at radius 1 is 1.44 bits per heavy atom. The summed E-state index contributed by atoms with van der Waals surface area (Å²) in [6.07, 6.45) is 6.20. The maximum Gasteiger partial charge on any atom is 0.158 e. The van der Waals surface area contributed by atoms with E-state index in [0.717, 1.165) is 25.1 Å². The largest absolute Gasteiger partial charge is 0.389 e. The Bertz CT molecular complexity index is 510. The molecule has 0 unspecified atom stereocenters. The molecule has 0 saturated heterocycles. The van der Waals surface area contributed by atoms with E-state index in [0.29, 0.717) is 10.8 Å². The van der Waals surface area contributed by atoms with Gasteiger partial charge < -0.3 is 11.1 Å². The summed E-state index contributed by atoms with van der Waals surface area (Å²) in [5, 5.41) is 15.1. The molecule has 2 aromatic heterocycles. The van der Waals surface area contributed by atoms with Gasteiger partial charge >= 0.3 is 0 Å². The van der Waals surface area contributed by atoms with E-state index in [9.17, 15) is 0 Å². The summed E-state index contributed by atoms with van der Waals surface area (Å²) < 4.78 is 1.88. The van der Waals surface area contributed by atoms with Crippen molar-refractivity contribution in [2.75, 3.05) is 11.9 Å². The number of rotatable bonds is 6. The average molecular weight is 262 g/mol. The Balaban J connectivity index is 1.85. The van der Waals surface area contributed by atoms with Gasteiger partial charge in [0, 0.05) is 25.5 Å². The Labute approximate surface area is 110 Å². The van der Waals surface area contributed by atoms with Crippen molar-refractivity contribution >= 4 is 23.0 Å². The van der Waals surface area contributed by atoms with Gasteiger partial charge in [-0.3, -0.25) is 4.68 Å². The molecular formula is C11H14N6S. The third-order valence-corrected chi connectivity index (χ3v) is 2.62. The molecule has 0 aliphatic heterocycles. The number of nitrogens with zero attached hydrogens (tertiary/aromatic N) is 4. The molecule has 0 amide bonds. The minimum atomic E-state index is 0.319. The Morgan fingerprint density at radius 2 is 2.33 bits per heavy atom. The van der Waals surface area contributed by atoms with Crippen LogP contribution in [0.25, 0.3) is 0 Å². The quantitative estimate of drug-likeness (QED) is 0.592. The van der Waals surface area contributed by atoms with Crippen molar-refractivity contribution in [2.24, 2.45) is 5.73 Å². The minimum absolute atomic E-state index is 0.319. The highest BCUT2D eigenvalue weighted by Gasteiger charge is 2.05. The van der Waals surface area contributed by atoms with Crippen LogP contribution in [0.3, 0.4) is 0 Å². The highest BCUT2D eigenvalue weighted by atomic mass is 32.1. The van der Waals surface area contributed by atoms with Crippen molar-refractivity contribution in [3.05, 3.63) is 36.3 Å². The molecule has 0 aliphatic carbocycles. The molecule has 0 fully saturated rings. The predicted octanol–water partition coefficient (Wildman–Crippen LogP) is 0.809. The monoisotopic (exact) mass is 262 g/mol. The van der Waals surface area contributed by atoms with E-state index in [1.54, 1.807) is 18.5 Å². The molecule has 2 rings (SSSR count). The lowest BCUT2D eigenvalue weighted by Gasteiger charge is -2.08. The summed E-state index contributed by atoms with van der Waals surface area (Å²) in [5.74, 6) is 0.630. The van der Waals surface area contributed by atoms with E-state index >= 15 is 0 Å². The molecule has 6 nitrogen and oxygen atoms in total. The van der Waals surface area contributed by atoms with Crippen molar-refractivity contribution < 1.29 is 0 Å². The second-order valence-corrected chi connectivity index (χ2v) is 4.15. The van der Waals surface area contributed by atoms with Crippen LogP contribution in [0.2, 0.25) is 0 Å². The van der Waals surface area contributed by atoms with E-state index in [2.05, 4.69) is 20.6 Å². The summed E-state index contributed by atoms with van der Waals surface area (Å²) in [6.45, 7) is 1.61. The molecule has 0 spiro atoms. The fourth-order valence-electron chi connectivity index (χ4n) is 1.54. The van der Waals surface area contributed by atoms with E-state index < -0.39 is 0 Å². The number of hydrogen-bond acceptors (Lipinski definition) is 5. The third kappa shape index (κ3) is 3.24. The molecule has 18 heavy (non-hydrogen) atoms. The average Bonchev–Trinajstić information content (AvgIpc) is 2.88. The van der Waals surface area contributed by atoms with Gasteiger partial charge in [0.15, 0.2) is 5.82 Å². The molecule has 3 N–H and O–H groups in total. The van der Waals surface area contributed by atoms with E-state index in [-0.39, 0.29) is 0 Å². The van der Waals surface area contributed by atoms with Crippen molar-refractivity contribution in [3.63, 3.8) is 0 Å². The molecule has 0 saturated carbocycles. The number of thiocarbonyl (C=S) groups is 1. The fourth-order valence-corrected chi connectivity index (χ4v) is 1.71. The van der Waals surface area contributed by atoms with Gasteiger partial charge in [-0.05, 0) is 18.6 Å². The number of aryl methyl sites for hydroxylation is 1. The Kier molecular flexibility index (Phi) is 4.19. The second-order valence-electron chi connectivity index (χ2n) is 3.71. The molecule has 0 aliphatic rings.